The van der Waals surface area contributed by atoms with Crippen molar-refractivity contribution in [2.75, 3.05) is 13.2 Å². The van der Waals surface area contributed by atoms with Crippen LogP contribution in [-0.4, -0.2) is 87.5 Å². The van der Waals surface area contributed by atoms with Gasteiger partial charge in [-0.05, 0) is 57.8 Å². The van der Waals surface area contributed by atoms with Crippen molar-refractivity contribution in [3.63, 3.8) is 0 Å². The number of unbranched alkanes of at least 4 members (excludes halogenated alkanes) is 44. The summed E-state index contributed by atoms with van der Waals surface area (Å²) in [5.74, 6) is -0.180. The zero-order chi connectivity index (χ0) is 55.0. The zero-order valence-electron chi connectivity index (χ0n) is 50.0. The second kappa shape index (κ2) is 56.7. The van der Waals surface area contributed by atoms with Crippen LogP contribution < -0.4 is 5.32 Å². The van der Waals surface area contributed by atoms with E-state index in [-0.39, 0.29) is 12.5 Å². The molecule has 1 fully saturated rings. The first-order valence-corrected chi connectivity index (χ1v) is 33.2. The number of allylic oxidation sites excluding steroid dienone is 5. The zero-order valence-corrected chi connectivity index (χ0v) is 50.0. The Balaban J connectivity index is 2.15. The van der Waals surface area contributed by atoms with E-state index in [9.17, 15) is 30.3 Å². The number of amides is 1. The smallest absolute Gasteiger partial charge is 0.220 e. The third-order valence-electron chi connectivity index (χ3n) is 15.9. The lowest BCUT2D eigenvalue weighted by Gasteiger charge is -2.40. The molecule has 448 valence electrons. The molecule has 1 aliphatic rings. The van der Waals surface area contributed by atoms with Gasteiger partial charge in [0.15, 0.2) is 6.29 Å². The van der Waals surface area contributed by atoms with Crippen molar-refractivity contribution in [3.8, 4) is 0 Å². The molecule has 7 atom stereocenters. The molecule has 0 aliphatic carbocycles. The quantitative estimate of drug-likeness (QED) is 0.0261. The number of hydrogen-bond donors (Lipinski definition) is 6. The first kappa shape index (κ1) is 72.4. The van der Waals surface area contributed by atoms with Crippen LogP contribution in [0.1, 0.15) is 328 Å². The van der Waals surface area contributed by atoms with E-state index < -0.39 is 49.5 Å². The van der Waals surface area contributed by atoms with Gasteiger partial charge in [-0.25, -0.2) is 0 Å². The summed E-state index contributed by atoms with van der Waals surface area (Å²) in [5, 5.41) is 54.6. The van der Waals surface area contributed by atoms with Gasteiger partial charge in [0, 0.05) is 6.42 Å². The van der Waals surface area contributed by atoms with E-state index in [2.05, 4.69) is 43.5 Å². The van der Waals surface area contributed by atoms with Crippen LogP contribution in [0.5, 0.6) is 0 Å². The molecule has 0 radical (unpaired) electrons. The lowest BCUT2D eigenvalue weighted by molar-refractivity contribution is -0.302. The molecule has 1 heterocycles. The van der Waals surface area contributed by atoms with Crippen molar-refractivity contribution < 1.29 is 39.8 Å². The largest absolute Gasteiger partial charge is 0.394 e. The van der Waals surface area contributed by atoms with Gasteiger partial charge in [-0.1, -0.05) is 301 Å². The Morgan fingerprint density at radius 2 is 0.750 bits per heavy atom. The highest BCUT2D eigenvalue weighted by Gasteiger charge is 2.44. The average Bonchev–Trinajstić information content (AvgIpc) is 3.42. The van der Waals surface area contributed by atoms with Crippen LogP contribution in [0, 0.1) is 0 Å². The van der Waals surface area contributed by atoms with Crippen molar-refractivity contribution >= 4 is 5.91 Å². The number of rotatable bonds is 58. The molecular formula is C67H127NO8. The van der Waals surface area contributed by atoms with E-state index in [1.807, 2.05) is 6.08 Å². The number of ether oxygens (including phenoxy) is 2. The molecule has 1 rings (SSSR count). The fourth-order valence-electron chi connectivity index (χ4n) is 10.7. The van der Waals surface area contributed by atoms with Gasteiger partial charge in [-0.15, -0.1) is 0 Å². The van der Waals surface area contributed by atoms with Crippen molar-refractivity contribution in [1.82, 2.24) is 5.32 Å². The van der Waals surface area contributed by atoms with Gasteiger partial charge < -0.3 is 40.3 Å². The number of carbonyl (C=O) groups is 1. The van der Waals surface area contributed by atoms with Gasteiger partial charge in [0.05, 0.1) is 25.4 Å². The second-order valence-electron chi connectivity index (χ2n) is 23.3. The van der Waals surface area contributed by atoms with Crippen molar-refractivity contribution in [2.45, 2.75) is 371 Å². The summed E-state index contributed by atoms with van der Waals surface area (Å²) in [4.78, 5) is 13.1. The first-order valence-electron chi connectivity index (χ1n) is 33.2. The molecule has 9 nitrogen and oxygen atoms in total. The van der Waals surface area contributed by atoms with Crippen LogP contribution in [0.2, 0.25) is 0 Å². The van der Waals surface area contributed by atoms with Gasteiger partial charge >= 0.3 is 0 Å². The predicted octanol–water partition coefficient (Wildman–Crippen LogP) is 17.5. The molecule has 0 saturated carbocycles. The summed E-state index contributed by atoms with van der Waals surface area (Å²) in [7, 11) is 0. The minimum atomic E-state index is -1.57. The summed E-state index contributed by atoms with van der Waals surface area (Å²) in [6, 6.07) is -0.821. The molecule has 6 N–H and O–H groups in total. The van der Waals surface area contributed by atoms with E-state index in [1.165, 1.54) is 270 Å². The molecule has 0 aromatic heterocycles. The van der Waals surface area contributed by atoms with E-state index >= 15 is 0 Å². The fraction of sp³-hybridized carbons (Fsp3) is 0.896. The van der Waals surface area contributed by atoms with Crippen LogP contribution in [0.4, 0.5) is 0 Å². The fourth-order valence-corrected chi connectivity index (χ4v) is 10.7. The van der Waals surface area contributed by atoms with Crippen LogP contribution in [0.3, 0.4) is 0 Å². The molecule has 0 aromatic carbocycles. The SMILES string of the molecule is CCCCCCCCCC/C=C\CCCCCCCCCCCCCCCCCCCCCC(=O)NC(COC1OC(CO)C(O)C(O)C1O)C(O)/C=C/CC/C=C/CCCCCCCCCCCCCCCCCC. The number of aliphatic hydroxyl groups excluding tert-OH is 5. The highest BCUT2D eigenvalue weighted by molar-refractivity contribution is 5.76. The lowest BCUT2D eigenvalue weighted by atomic mass is 9.99. The Labute approximate surface area is 470 Å². The Hall–Kier alpha value is -1.59. The Morgan fingerprint density at radius 3 is 1.11 bits per heavy atom. The average molecular weight is 1070 g/mol. The monoisotopic (exact) mass is 1070 g/mol. The standard InChI is InChI=1S/C67H127NO8/c1-3-5-7-9-11-13-15-17-19-21-23-25-27-28-29-30-31-32-33-34-35-37-39-41-43-45-47-49-51-53-55-57-63(71)68-60(59-75-67-66(74)65(73)64(72)62(58-69)76-67)61(70)56-54-52-50-48-46-44-42-40-38-36-26-24-22-20-18-16-14-12-10-8-6-4-2/h21,23,46,48,54,56,60-62,64-67,69-70,72-74H,3-20,22,24-45,47,49-53,55,57-59H2,1-2H3,(H,68,71)/b23-21-,48-46+,56-54+. The molecule has 9 heteroatoms. The molecule has 0 spiro atoms. The summed E-state index contributed by atoms with van der Waals surface area (Å²) >= 11 is 0. The maximum atomic E-state index is 13.1. The lowest BCUT2D eigenvalue weighted by Crippen LogP contribution is -2.60. The summed E-state index contributed by atoms with van der Waals surface area (Å²) in [6.45, 7) is 3.81. The molecule has 0 aromatic rings. The third kappa shape index (κ3) is 45.2. The summed E-state index contributed by atoms with van der Waals surface area (Å²) in [5.41, 5.74) is 0. The van der Waals surface area contributed by atoms with Crippen LogP contribution >= 0.6 is 0 Å². The molecule has 0 bridgehead atoms. The molecule has 76 heavy (non-hydrogen) atoms. The highest BCUT2D eigenvalue weighted by Crippen LogP contribution is 2.23. The Kier molecular flexibility index (Phi) is 54.0. The minimum absolute atomic E-state index is 0.180. The maximum absolute atomic E-state index is 13.1. The Morgan fingerprint density at radius 1 is 0.434 bits per heavy atom. The van der Waals surface area contributed by atoms with Gasteiger partial charge in [-0.2, -0.15) is 0 Å². The van der Waals surface area contributed by atoms with Crippen molar-refractivity contribution in [2.24, 2.45) is 0 Å². The van der Waals surface area contributed by atoms with Crippen LogP contribution in [0.25, 0.3) is 0 Å². The summed E-state index contributed by atoms with van der Waals surface area (Å²) in [6.07, 6.45) is 68.2. The highest BCUT2D eigenvalue weighted by atomic mass is 16.7. The molecular weight excluding hydrogens is 947 g/mol. The topological polar surface area (TPSA) is 149 Å². The molecule has 1 saturated heterocycles. The van der Waals surface area contributed by atoms with Crippen molar-refractivity contribution in [3.05, 3.63) is 36.5 Å². The summed E-state index contributed by atoms with van der Waals surface area (Å²) < 4.78 is 11.3. The molecule has 1 aliphatic heterocycles. The number of aliphatic hydroxyl groups is 5. The van der Waals surface area contributed by atoms with E-state index in [0.717, 1.165) is 38.5 Å². The van der Waals surface area contributed by atoms with E-state index in [0.29, 0.717) is 6.42 Å². The van der Waals surface area contributed by atoms with Crippen LogP contribution in [-0.2, 0) is 14.3 Å². The van der Waals surface area contributed by atoms with Gasteiger partial charge in [0.1, 0.15) is 24.4 Å². The first-order chi connectivity index (χ1) is 37.3. The minimum Gasteiger partial charge on any atom is -0.394 e. The molecule has 1 amide bonds. The maximum Gasteiger partial charge on any atom is 0.220 e. The third-order valence-corrected chi connectivity index (χ3v) is 15.9. The Bertz CT molecular complexity index is 1290. The van der Waals surface area contributed by atoms with Gasteiger partial charge in [0.25, 0.3) is 0 Å². The number of hydrogen-bond acceptors (Lipinski definition) is 8. The number of nitrogens with one attached hydrogen (secondary N) is 1. The normalized spacial score (nSPS) is 19.0. The number of carbonyl (C=O) groups excluding carboxylic acids is 1. The van der Waals surface area contributed by atoms with Crippen LogP contribution in [0.15, 0.2) is 36.5 Å². The predicted molar refractivity (Wildman–Crippen MR) is 323 cm³/mol. The second-order valence-corrected chi connectivity index (χ2v) is 23.3. The van der Waals surface area contributed by atoms with Gasteiger partial charge in [-0.3, -0.25) is 4.79 Å². The van der Waals surface area contributed by atoms with Crippen molar-refractivity contribution in [1.29, 1.82) is 0 Å². The van der Waals surface area contributed by atoms with Gasteiger partial charge in [0.2, 0.25) is 5.91 Å². The van der Waals surface area contributed by atoms with E-state index in [1.54, 1.807) is 6.08 Å². The molecule has 7 unspecified atom stereocenters. The van der Waals surface area contributed by atoms with E-state index in [4.69, 9.17) is 9.47 Å².